The average molecular weight is 497 g/mol. The fourth-order valence-corrected chi connectivity index (χ4v) is 5.05. The number of amides is 1. The molecule has 28 heavy (non-hydrogen) atoms. The molecule has 1 atom stereocenters. The van der Waals surface area contributed by atoms with E-state index in [1.807, 2.05) is 12.1 Å². The van der Waals surface area contributed by atoms with Crippen LogP contribution in [0.5, 0.6) is 17.2 Å². The van der Waals surface area contributed by atoms with E-state index in [9.17, 15) is 14.7 Å². The molecule has 1 aliphatic rings. The van der Waals surface area contributed by atoms with Crippen molar-refractivity contribution >= 4 is 30.4 Å². The number of carbonyl (C=O) groups is 1. The van der Waals surface area contributed by atoms with Crippen molar-refractivity contribution in [1.82, 2.24) is 5.32 Å². The van der Waals surface area contributed by atoms with E-state index in [-0.39, 0.29) is 28.9 Å². The van der Waals surface area contributed by atoms with Gasteiger partial charge in [0, 0.05) is 0 Å². The molecule has 0 aromatic heterocycles. The first kappa shape index (κ1) is 20.5. The van der Waals surface area contributed by atoms with Crippen molar-refractivity contribution in [2.75, 3.05) is 14.2 Å². The molecule has 1 aliphatic carbocycles. The summed E-state index contributed by atoms with van der Waals surface area (Å²) in [5.41, 5.74) is 3.24. The number of rotatable bonds is 4. The Labute approximate surface area is 174 Å². The first-order valence-corrected chi connectivity index (χ1v) is 12.4. The Morgan fingerprint density at radius 1 is 1.21 bits per heavy atom. The second-order valence-electron chi connectivity index (χ2n) is 6.57. The van der Waals surface area contributed by atoms with Crippen molar-refractivity contribution < 1.29 is 19.4 Å². The third-order valence-corrected chi connectivity index (χ3v) is 7.11. The SMILES string of the molecule is COc1c(O)cc2c(c1OC)-c1ccc([Te]C)c(=O)cc1C(NC(C)=O)CC2. The molecule has 1 unspecified atom stereocenters. The summed E-state index contributed by atoms with van der Waals surface area (Å²) in [7, 11) is 3.00. The predicted molar refractivity (Wildman–Crippen MR) is 109 cm³/mol. The van der Waals surface area contributed by atoms with Crippen LogP contribution in [0.15, 0.2) is 29.1 Å². The summed E-state index contributed by atoms with van der Waals surface area (Å²) >= 11 is -0.578. The van der Waals surface area contributed by atoms with Crippen LogP contribution in [0.1, 0.15) is 30.5 Å². The number of hydrogen-bond donors (Lipinski definition) is 2. The molecule has 2 aromatic rings. The molecule has 7 heteroatoms. The van der Waals surface area contributed by atoms with Crippen molar-refractivity contribution in [3.05, 3.63) is 45.6 Å². The van der Waals surface area contributed by atoms with Gasteiger partial charge in [-0.3, -0.25) is 0 Å². The van der Waals surface area contributed by atoms with Crippen LogP contribution in [-0.2, 0) is 11.2 Å². The number of aryl methyl sites for hydroxylation is 1. The average Bonchev–Trinajstić information content (AvgIpc) is 2.89. The summed E-state index contributed by atoms with van der Waals surface area (Å²) in [4.78, 5) is 26.6. The second-order valence-corrected chi connectivity index (χ2v) is 8.99. The Balaban J connectivity index is 2.41. The number of aromatic hydroxyl groups is 1. The molecule has 2 aromatic carbocycles. The quantitative estimate of drug-likeness (QED) is 0.632. The molecular formula is C21H23NO5Te. The number of benzene rings is 1. The van der Waals surface area contributed by atoms with Gasteiger partial charge in [-0.25, -0.2) is 0 Å². The number of methoxy groups -OCH3 is 2. The van der Waals surface area contributed by atoms with E-state index in [1.54, 1.807) is 12.1 Å². The van der Waals surface area contributed by atoms with Gasteiger partial charge >= 0.3 is 174 Å². The van der Waals surface area contributed by atoms with E-state index in [2.05, 4.69) is 10.3 Å². The van der Waals surface area contributed by atoms with Gasteiger partial charge in [-0.2, -0.15) is 0 Å². The summed E-state index contributed by atoms with van der Waals surface area (Å²) in [5, 5.41) is 13.4. The van der Waals surface area contributed by atoms with E-state index < -0.39 is 20.9 Å². The van der Waals surface area contributed by atoms with Gasteiger partial charge in [-0.1, -0.05) is 0 Å². The van der Waals surface area contributed by atoms with Crippen molar-refractivity contribution in [1.29, 1.82) is 0 Å². The zero-order chi connectivity index (χ0) is 20.4. The molecule has 6 nitrogen and oxygen atoms in total. The molecule has 2 N–H and O–H groups in total. The first-order chi connectivity index (χ1) is 13.4. The van der Waals surface area contributed by atoms with E-state index in [0.717, 1.165) is 25.9 Å². The third-order valence-electron chi connectivity index (χ3n) is 4.89. The van der Waals surface area contributed by atoms with Crippen LogP contribution in [0.3, 0.4) is 0 Å². The third kappa shape index (κ3) is 3.69. The fourth-order valence-electron chi connectivity index (χ4n) is 3.73. The summed E-state index contributed by atoms with van der Waals surface area (Å²) < 4.78 is 11.8. The minimum atomic E-state index is -0.578. The summed E-state index contributed by atoms with van der Waals surface area (Å²) in [6.07, 6.45) is 1.21. The van der Waals surface area contributed by atoms with Crippen molar-refractivity contribution in [3.63, 3.8) is 0 Å². The molecule has 0 heterocycles. The zero-order valence-electron chi connectivity index (χ0n) is 16.3. The first-order valence-electron chi connectivity index (χ1n) is 8.87. The van der Waals surface area contributed by atoms with Gasteiger partial charge in [0.2, 0.25) is 0 Å². The van der Waals surface area contributed by atoms with E-state index in [1.165, 1.54) is 21.1 Å². The number of nitrogens with one attached hydrogen (secondary N) is 1. The zero-order valence-corrected chi connectivity index (χ0v) is 18.6. The molecule has 0 spiro atoms. The van der Waals surface area contributed by atoms with Crippen molar-refractivity contribution in [3.8, 4) is 28.4 Å². The van der Waals surface area contributed by atoms with Crippen LogP contribution in [0.2, 0.25) is 4.97 Å². The maximum absolute atomic E-state index is 12.7. The Kier molecular flexibility index (Phi) is 6.17. The van der Waals surface area contributed by atoms with Crippen LogP contribution in [-0.4, -0.2) is 46.2 Å². The van der Waals surface area contributed by atoms with Gasteiger partial charge < -0.3 is 0 Å². The van der Waals surface area contributed by atoms with Crippen LogP contribution < -0.4 is 23.8 Å². The van der Waals surface area contributed by atoms with Crippen LogP contribution in [0.4, 0.5) is 0 Å². The second kappa shape index (κ2) is 8.42. The van der Waals surface area contributed by atoms with Gasteiger partial charge in [0.05, 0.1) is 0 Å². The Morgan fingerprint density at radius 3 is 2.54 bits per heavy atom. The van der Waals surface area contributed by atoms with Crippen LogP contribution in [0.25, 0.3) is 11.1 Å². The standard InChI is InChI=1S/C21H23NO5Te/c1-11(23)22-15-7-5-12-9-17(25)20(26-2)21(27-3)19(12)13-6-8-18(28-4)16(24)10-14(13)15/h6,8-10,15,25H,5,7H2,1-4H3,(H,22,23). The number of phenols is 1. The number of ether oxygens (including phenoxy) is 2. The van der Waals surface area contributed by atoms with Gasteiger partial charge in [0.25, 0.3) is 0 Å². The summed E-state index contributed by atoms with van der Waals surface area (Å²) in [5.74, 6) is 0.528. The topological polar surface area (TPSA) is 84.9 Å². The van der Waals surface area contributed by atoms with Crippen LogP contribution in [0, 0.1) is 0 Å². The van der Waals surface area contributed by atoms with Crippen LogP contribution >= 0.6 is 0 Å². The predicted octanol–water partition coefficient (Wildman–Crippen LogP) is 1.94. The van der Waals surface area contributed by atoms with Crippen molar-refractivity contribution in [2.45, 2.75) is 30.8 Å². The number of phenolic OH excluding ortho intramolecular Hbond substituents is 1. The number of fused-ring (bicyclic) bond motifs is 3. The molecule has 0 bridgehead atoms. The summed E-state index contributed by atoms with van der Waals surface area (Å²) in [6, 6.07) is 6.83. The van der Waals surface area contributed by atoms with Gasteiger partial charge in [0.15, 0.2) is 0 Å². The molecule has 0 saturated heterocycles. The van der Waals surface area contributed by atoms with Gasteiger partial charge in [0.1, 0.15) is 0 Å². The number of carbonyl (C=O) groups excluding carboxylic acids is 1. The van der Waals surface area contributed by atoms with E-state index in [0.29, 0.717) is 18.6 Å². The molecular weight excluding hydrogens is 474 g/mol. The van der Waals surface area contributed by atoms with Gasteiger partial charge in [-0.05, 0) is 0 Å². The molecule has 1 amide bonds. The Hall–Kier alpha value is -2.23. The van der Waals surface area contributed by atoms with Crippen molar-refractivity contribution in [2.24, 2.45) is 0 Å². The fraction of sp³-hybridized carbons (Fsp3) is 0.333. The minimum absolute atomic E-state index is 0.00336. The van der Waals surface area contributed by atoms with E-state index in [4.69, 9.17) is 9.47 Å². The monoisotopic (exact) mass is 499 g/mol. The molecule has 0 aliphatic heterocycles. The van der Waals surface area contributed by atoms with E-state index >= 15 is 0 Å². The Bertz CT molecular complexity index is 989. The molecule has 0 saturated carbocycles. The van der Waals surface area contributed by atoms with Gasteiger partial charge in [-0.15, -0.1) is 0 Å². The maximum atomic E-state index is 12.7. The number of hydrogen-bond acceptors (Lipinski definition) is 5. The Morgan fingerprint density at radius 2 is 1.93 bits per heavy atom. The molecule has 3 rings (SSSR count). The summed E-state index contributed by atoms with van der Waals surface area (Å²) in [6.45, 7) is 1.47. The normalized spacial score (nSPS) is 15.1. The molecule has 148 valence electrons. The molecule has 0 radical (unpaired) electrons. The molecule has 0 fully saturated rings.